The summed E-state index contributed by atoms with van der Waals surface area (Å²) in [6, 6.07) is 6.86. The lowest BCUT2D eigenvalue weighted by Gasteiger charge is -2.25. The Bertz CT molecular complexity index is 1380. The van der Waals surface area contributed by atoms with Crippen LogP contribution in [0.15, 0.2) is 42.9 Å². The maximum absolute atomic E-state index is 14.0. The molecule has 3 aromatic heterocycles. The Morgan fingerprint density at radius 2 is 1.76 bits per heavy atom. The van der Waals surface area contributed by atoms with Crippen molar-refractivity contribution in [1.29, 1.82) is 0 Å². The number of rotatable bonds is 9. The quantitative estimate of drug-likeness (QED) is 0.304. The van der Waals surface area contributed by atoms with Gasteiger partial charge in [0, 0.05) is 24.7 Å². The van der Waals surface area contributed by atoms with Crippen molar-refractivity contribution >= 4 is 11.6 Å². The first kappa shape index (κ1) is 26.2. The summed E-state index contributed by atoms with van der Waals surface area (Å²) in [7, 11) is 0. The van der Waals surface area contributed by atoms with Gasteiger partial charge in [0.1, 0.15) is 30.3 Å². The number of halogens is 5. The van der Waals surface area contributed by atoms with E-state index in [0.29, 0.717) is 17.0 Å². The molecule has 13 heteroatoms. The average Bonchev–Trinajstić information content (AvgIpc) is 3.18. The van der Waals surface area contributed by atoms with Gasteiger partial charge in [0.2, 0.25) is 5.95 Å². The molecule has 3 heterocycles. The minimum Gasteiger partial charge on any atom is -0.485 e. The van der Waals surface area contributed by atoms with Crippen molar-refractivity contribution in [3.05, 3.63) is 65.7 Å². The van der Waals surface area contributed by atoms with Crippen LogP contribution in [0.1, 0.15) is 31.0 Å². The Morgan fingerprint density at radius 3 is 2.46 bits per heavy atom. The SMILES string of the molecule is Cc1nc2c(OCc3c(F)cccc3F)cccn2c1-c1ncnc(NCC(C)(N)CCC(F)(F)F)n1. The number of aromatic nitrogens is 5. The number of benzene rings is 1. The van der Waals surface area contributed by atoms with E-state index in [0.717, 1.165) is 12.1 Å². The van der Waals surface area contributed by atoms with E-state index in [9.17, 15) is 22.0 Å². The Morgan fingerprint density at radius 1 is 1.03 bits per heavy atom. The predicted octanol–water partition coefficient (Wildman–Crippen LogP) is 4.82. The number of anilines is 1. The topological polar surface area (TPSA) is 103 Å². The second-order valence-corrected chi connectivity index (χ2v) is 8.86. The second kappa shape index (κ2) is 10.2. The molecule has 0 saturated heterocycles. The van der Waals surface area contributed by atoms with E-state index in [4.69, 9.17) is 10.5 Å². The Balaban J connectivity index is 1.55. The minimum atomic E-state index is -4.30. The fourth-order valence-electron chi connectivity index (χ4n) is 3.65. The van der Waals surface area contributed by atoms with Crippen molar-refractivity contribution in [1.82, 2.24) is 24.3 Å². The van der Waals surface area contributed by atoms with Gasteiger partial charge in [-0.3, -0.25) is 4.40 Å². The molecule has 1 atom stereocenters. The molecular weight excluding hydrogens is 497 g/mol. The van der Waals surface area contributed by atoms with Crippen LogP contribution < -0.4 is 15.8 Å². The standard InChI is InChI=1S/C24H24F5N7O/c1-14-19(20-32-13-33-22(35-20)31-12-23(2,30)8-9-24(27,28)29)36-10-4-7-18(21(36)34-14)37-11-15-16(25)5-3-6-17(15)26/h3-7,10,13H,8-9,11-12,30H2,1-2H3,(H,31,32,33,35). The first-order valence-corrected chi connectivity index (χ1v) is 11.3. The number of nitrogens with two attached hydrogens (primary N) is 1. The van der Waals surface area contributed by atoms with Crippen LogP contribution >= 0.6 is 0 Å². The van der Waals surface area contributed by atoms with Crippen LogP contribution in [0.5, 0.6) is 5.75 Å². The summed E-state index contributed by atoms with van der Waals surface area (Å²) in [6.07, 6.45) is -2.61. The summed E-state index contributed by atoms with van der Waals surface area (Å²) >= 11 is 0. The number of alkyl halides is 3. The van der Waals surface area contributed by atoms with Crippen LogP contribution in [0, 0.1) is 18.6 Å². The third-order valence-electron chi connectivity index (χ3n) is 5.64. The fourth-order valence-corrected chi connectivity index (χ4v) is 3.65. The van der Waals surface area contributed by atoms with E-state index in [-0.39, 0.29) is 42.7 Å². The van der Waals surface area contributed by atoms with Gasteiger partial charge in [0.15, 0.2) is 17.2 Å². The fraction of sp³-hybridized carbons (Fsp3) is 0.333. The zero-order valence-corrected chi connectivity index (χ0v) is 20.0. The number of pyridine rings is 1. The lowest BCUT2D eigenvalue weighted by atomic mass is 9.97. The highest BCUT2D eigenvalue weighted by molar-refractivity contribution is 5.66. The Kier molecular flexibility index (Phi) is 7.25. The monoisotopic (exact) mass is 521 g/mol. The van der Waals surface area contributed by atoms with Crippen LogP contribution in [-0.2, 0) is 6.61 Å². The molecule has 0 aliphatic carbocycles. The number of hydrogen-bond acceptors (Lipinski definition) is 7. The number of imidazole rings is 1. The van der Waals surface area contributed by atoms with Crippen LogP contribution in [0.2, 0.25) is 0 Å². The van der Waals surface area contributed by atoms with Gasteiger partial charge in [-0.25, -0.2) is 23.7 Å². The second-order valence-electron chi connectivity index (χ2n) is 8.86. The highest BCUT2D eigenvalue weighted by Crippen LogP contribution is 2.29. The van der Waals surface area contributed by atoms with Gasteiger partial charge in [-0.15, -0.1) is 0 Å². The molecule has 0 bridgehead atoms. The molecule has 0 spiro atoms. The van der Waals surface area contributed by atoms with Crippen LogP contribution in [0.3, 0.4) is 0 Å². The summed E-state index contributed by atoms with van der Waals surface area (Å²) in [5.41, 5.74) is 6.08. The van der Waals surface area contributed by atoms with Crippen LogP contribution in [0.25, 0.3) is 17.2 Å². The largest absolute Gasteiger partial charge is 0.485 e. The van der Waals surface area contributed by atoms with E-state index in [1.807, 2.05) is 0 Å². The molecule has 1 unspecified atom stereocenters. The van der Waals surface area contributed by atoms with E-state index in [1.165, 1.54) is 19.3 Å². The van der Waals surface area contributed by atoms with Crippen molar-refractivity contribution < 1.29 is 26.7 Å². The van der Waals surface area contributed by atoms with Crippen molar-refractivity contribution in [2.75, 3.05) is 11.9 Å². The van der Waals surface area contributed by atoms with Gasteiger partial charge in [-0.05, 0) is 44.5 Å². The molecule has 1 aromatic carbocycles. The number of fused-ring (bicyclic) bond motifs is 1. The van der Waals surface area contributed by atoms with Crippen LogP contribution in [-0.4, -0.2) is 42.6 Å². The van der Waals surface area contributed by atoms with E-state index in [2.05, 4.69) is 25.3 Å². The number of ether oxygens (including phenoxy) is 1. The van der Waals surface area contributed by atoms with Crippen molar-refractivity contribution in [2.24, 2.45) is 5.73 Å². The molecular formula is C24H24F5N7O. The Labute approximate surface area is 208 Å². The molecule has 0 aliphatic heterocycles. The van der Waals surface area contributed by atoms with E-state index >= 15 is 0 Å². The minimum absolute atomic E-state index is 0.00324. The summed E-state index contributed by atoms with van der Waals surface area (Å²) in [5.74, 6) is -0.775. The smallest absolute Gasteiger partial charge is 0.389 e. The van der Waals surface area contributed by atoms with E-state index < -0.39 is 29.8 Å². The zero-order valence-electron chi connectivity index (χ0n) is 20.0. The summed E-state index contributed by atoms with van der Waals surface area (Å²) in [6.45, 7) is 2.90. The number of hydrogen-bond donors (Lipinski definition) is 2. The molecule has 0 saturated carbocycles. The highest BCUT2D eigenvalue weighted by atomic mass is 19.4. The van der Waals surface area contributed by atoms with Crippen molar-refractivity contribution in [2.45, 2.75) is 45.0 Å². The van der Waals surface area contributed by atoms with Gasteiger partial charge in [0.25, 0.3) is 0 Å². The van der Waals surface area contributed by atoms with Gasteiger partial charge >= 0.3 is 6.18 Å². The first-order valence-electron chi connectivity index (χ1n) is 11.3. The molecule has 0 aliphatic rings. The Hall–Kier alpha value is -3.87. The number of aryl methyl sites for hydroxylation is 1. The van der Waals surface area contributed by atoms with Gasteiger partial charge < -0.3 is 15.8 Å². The molecule has 0 amide bonds. The third kappa shape index (κ3) is 6.28. The summed E-state index contributed by atoms with van der Waals surface area (Å²) in [5, 5.41) is 2.87. The van der Waals surface area contributed by atoms with Crippen LogP contribution in [0.4, 0.5) is 27.9 Å². The molecule has 4 rings (SSSR count). The van der Waals surface area contributed by atoms with Crippen molar-refractivity contribution in [3.8, 4) is 17.3 Å². The molecule has 196 valence electrons. The third-order valence-corrected chi connectivity index (χ3v) is 5.64. The number of nitrogens with zero attached hydrogens (tertiary/aromatic N) is 5. The van der Waals surface area contributed by atoms with Gasteiger partial charge in [-0.2, -0.15) is 18.2 Å². The zero-order chi connectivity index (χ0) is 26.8. The van der Waals surface area contributed by atoms with Gasteiger partial charge in [-0.1, -0.05) is 6.07 Å². The molecule has 3 N–H and O–H groups in total. The molecule has 0 fully saturated rings. The molecule has 37 heavy (non-hydrogen) atoms. The number of nitrogens with one attached hydrogen (secondary N) is 1. The maximum atomic E-state index is 14.0. The van der Waals surface area contributed by atoms with E-state index in [1.54, 1.807) is 29.7 Å². The highest BCUT2D eigenvalue weighted by Gasteiger charge is 2.31. The van der Waals surface area contributed by atoms with Crippen molar-refractivity contribution in [3.63, 3.8) is 0 Å². The molecule has 0 radical (unpaired) electrons. The lowest BCUT2D eigenvalue weighted by Crippen LogP contribution is -2.44. The summed E-state index contributed by atoms with van der Waals surface area (Å²) < 4.78 is 73.0. The lowest BCUT2D eigenvalue weighted by molar-refractivity contribution is -0.137. The summed E-state index contributed by atoms with van der Waals surface area (Å²) in [4.78, 5) is 17.1. The van der Waals surface area contributed by atoms with Gasteiger partial charge in [0.05, 0.1) is 11.3 Å². The normalized spacial score (nSPS) is 13.5. The first-order chi connectivity index (χ1) is 17.4. The average molecular weight is 521 g/mol. The molecule has 8 nitrogen and oxygen atoms in total. The molecule has 4 aromatic rings. The maximum Gasteiger partial charge on any atom is 0.389 e. The predicted molar refractivity (Wildman–Crippen MR) is 126 cm³/mol.